The zero-order chi connectivity index (χ0) is 5.98. The first-order valence-electron chi connectivity index (χ1n) is 2.05. The molecule has 0 radical (unpaired) electrons. The highest BCUT2D eigenvalue weighted by atomic mass is 16.5. The molecule has 4 heteroatoms. The van der Waals surface area contributed by atoms with E-state index in [2.05, 4.69) is 14.4 Å². The van der Waals surface area contributed by atoms with Crippen molar-refractivity contribution in [3.63, 3.8) is 0 Å². The Morgan fingerprint density at radius 1 is 1.88 bits per heavy atom. The van der Waals surface area contributed by atoms with Crippen molar-refractivity contribution in [2.45, 2.75) is 0 Å². The third kappa shape index (κ3) is 0.726. The van der Waals surface area contributed by atoms with Crippen LogP contribution in [0.1, 0.15) is 0 Å². The van der Waals surface area contributed by atoms with Crippen molar-refractivity contribution in [1.29, 1.82) is 0 Å². The van der Waals surface area contributed by atoms with E-state index in [1.54, 1.807) is 0 Å². The van der Waals surface area contributed by atoms with E-state index in [1.807, 2.05) is 0 Å². The fourth-order valence-corrected chi connectivity index (χ4v) is 0.367. The Labute approximate surface area is 45.0 Å². The third-order valence-corrected chi connectivity index (χ3v) is 0.721. The Balaban J connectivity index is 3.01. The highest BCUT2D eigenvalue weighted by Crippen LogP contribution is 1.96. The van der Waals surface area contributed by atoms with Crippen molar-refractivity contribution < 1.29 is 9.26 Å². The number of H-pyrrole nitrogens is 1. The Kier molecular flexibility index (Phi) is 1.07. The summed E-state index contributed by atoms with van der Waals surface area (Å²) in [5, 5.41) is 2.25. The number of ether oxygens (including phenoxy) is 1. The average Bonchev–Trinajstić information content (AvgIpc) is 2.14. The standard InChI is InChI=1S/C4H5NO3/c1-7-3-2-4(6)8-5-3/h2,5H,1H3. The lowest BCUT2D eigenvalue weighted by Crippen LogP contribution is -1.85. The predicted octanol–water partition coefficient (Wildman–Crippen LogP) is -0.0235. The van der Waals surface area contributed by atoms with E-state index >= 15 is 0 Å². The first-order chi connectivity index (χ1) is 3.83. The quantitative estimate of drug-likeness (QED) is 0.559. The Bertz CT molecular complexity index is 211. The maximum atomic E-state index is 10.2. The highest BCUT2D eigenvalue weighted by molar-refractivity contribution is 5.01. The van der Waals surface area contributed by atoms with Crippen LogP contribution in [0.3, 0.4) is 0 Å². The second-order valence-corrected chi connectivity index (χ2v) is 1.24. The monoisotopic (exact) mass is 115 g/mol. The molecule has 0 bridgehead atoms. The Morgan fingerprint density at radius 2 is 2.62 bits per heavy atom. The van der Waals surface area contributed by atoms with Crippen LogP contribution in [0.2, 0.25) is 0 Å². The van der Waals surface area contributed by atoms with Crippen molar-refractivity contribution >= 4 is 0 Å². The predicted molar refractivity (Wildman–Crippen MR) is 25.9 cm³/mol. The van der Waals surface area contributed by atoms with Crippen LogP contribution >= 0.6 is 0 Å². The highest BCUT2D eigenvalue weighted by Gasteiger charge is 1.92. The minimum absolute atomic E-state index is 0.343. The zero-order valence-corrected chi connectivity index (χ0v) is 4.30. The van der Waals surface area contributed by atoms with Gasteiger partial charge in [0.1, 0.15) is 0 Å². The molecular formula is C4H5NO3. The van der Waals surface area contributed by atoms with Gasteiger partial charge in [0, 0.05) is 0 Å². The molecule has 0 aromatic carbocycles. The summed E-state index contributed by atoms with van der Waals surface area (Å²) >= 11 is 0. The largest absolute Gasteiger partial charge is 0.480 e. The number of hydrogen-bond donors (Lipinski definition) is 1. The molecule has 1 heterocycles. The van der Waals surface area contributed by atoms with Crippen molar-refractivity contribution in [3.05, 3.63) is 16.5 Å². The lowest BCUT2D eigenvalue weighted by molar-refractivity contribution is 0.329. The molecule has 0 spiro atoms. The van der Waals surface area contributed by atoms with Gasteiger partial charge in [-0.25, -0.2) is 4.79 Å². The molecule has 44 valence electrons. The van der Waals surface area contributed by atoms with Crippen LogP contribution in [0.4, 0.5) is 0 Å². The van der Waals surface area contributed by atoms with Crippen LogP contribution in [0.15, 0.2) is 15.4 Å². The molecule has 0 saturated carbocycles. The number of nitrogens with one attached hydrogen (secondary N) is 1. The van der Waals surface area contributed by atoms with Crippen LogP contribution in [0.5, 0.6) is 5.88 Å². The minimum Gasteiger partial charge on any atom is -0.480 e. The Morgan fingerprint density at radius 3 is 2.88 bits per heavy atom. The zero-order valence-electron chi connectivity index (χ0n) is 4.30. The minimum atomic E-state index is -0.429. The molecule has 0 unspecified atom stereocenters. The summed E-state index contributed by atoms with van der Waals surface area (Å²) in [6.07, 6.45) is 0. The molecule has 4 nitrogen and oxygen atoms in total. The average molecular weight is 115 g/mol. The van der Waals surface area contributed by atoms with Gasteiger partial charge in [0.15, 0.2) is 0 Å². The second kappa shape index (κ2) is 1.73. The molecule has 0 aliphatic carbocycles. The SMILES string of the molecule is COc1cc(=O)o[nH]1. The van der Waals surface area contributed by atoms with E-state index in [0.29, 0.717) is 5.88 Å². The summed E-state index contributed by atoms with van der Waals surface area (Å²) in [6, 6.07) is 1.22. The van der Waals surface area contributed by atoms with Crippen LogP contribution in [-0.2, 0) is 0 Å². The van der Waals surface area contributed by atoms with E-state index in [0.717, 1.165) is 0 Å². The van der Waals surface area contributed by atoms with Crippen LogP contribution < -0.4 is 10.4 Å². The maximum Gasteiger partial charge on any atom is 0.361 e. The van der Waals surface area contributed by atoms with Gasteiger partial charge in [0.25, 0.3) is 0 Å². The molecule has 1 rings (SSSR count). The van der Waals surface area contributed by atoms with E-state index in [9.17, 15) is 4.79 Å². The summed E-state index contributed by atoms with van der Waals surface area (Å²) in [4.78, 5) is 10.2. The summed E-state index contributed by atoms with van der Waals surface area (Å²) in [7, 11) is 1.45. The van der Waals surface area contributed by atoms with Gasteiger partial charge in [-0.1, -0.05) is 0 Å². The van der Waals surface area contributed by atoms with Gasteiger partial charge in [0.2, 0.25) is 5.88 Å². The van der Waals surface area contributed by atoms with Crippen LogP contribution in [-0.4, -0.2) is 12.3 Å². The summed E-state index contributed by atoms with van der Waals surface area (Å²) in [5.74, 6) is 0.343. The molecule has 0 aliphatic heterocycles. The van der Waals surface area contributed by atoms with Gasteiger partial charge in [-0.3, -0.25) is 0 Å². The first kappa shape index (κ1) is 4.96. The lowest BCUT2D eigenvalue weighted by atomic mass is 10.7. The van der Waals surface area contributed by atoms with E-state index < -0.39 is 5.63 Å². The van der Waals surface area contributed by atoms with E-state index in [4.69, 9.17) is 0 Å². The number of rotatable bonds is 1. The van der Waals surface area contributed by atoms with Gasteiger partial charge in [0.05, 0.1) is 13.2 Å². The van der Waals surface area contributed by atoms with Crippen LogP contribution in [0.25, 0.3) is 0 Å². The molecule has 1 aromatic rings. The summed E-state index contributed by atoms with van der Waals surface area (Å²) in [5.41, 5.74) is -0.429. The van der Waals surface area contributed by atoms with E-state index in [1.165, 1.54) is 13.2 Å². The summed E-state index contributed by atoms with van der Waals surface area (Å²) in [6.45, 7) is 0. The summed E-state index contributed by atoms with van der Waals surface area (Å²) < 4.78 is 8.84. The number of hydrogen-bond acceptors (Lipinski definition) is 3. The second-order valence-electron chi connectivity index (χ2n) is 1.24. The van der Waals surface area contributed by atoms with Gasteiger partial charge in [-0.15, -0.1) is 0 Å². The molecule has 0 saturated heterocycles. The van der Waals surface area contributed by atoms with Crippen molar-refractivity contribution in [3.8, 4) is 5.88 Å². The van der Waals surface area contributed by atoms with Gasteiger partial charge < -0.3 is 9.26 Å². The van der Waals surface area contributed by atoms with Crippen molar-refractivity contribution in [2.24, 2.45) is 0 Å². The number of aromatic nitrogens is 1. The molecule has 0 aliphatic rings. The molecular weight excluding hydrogens is 110 g/mol. The molecule has 1 N–H and O–H groups in total. The van der Waals surface area contributed by atoms with Crippen molar-refractivity contribution in [2.75, 3.05) is 7.11 Å². The maximum absolute atomic E-state index is 10.2. The van der Waals surface area contributed by atoms with Gasteiger partial charge in [-0.2, -0.15) is 5.16 Å². The Hall–Kier alpha value is -1.19. The number of aromatic amines is 1. The third-order valence-electron chi connectivity index (χ3n) is 0.721. The van der Waals surface area contributed by atoms with Gasteiger partial charge in [-0.05, 0) is 0 Å². The molecule has 8 heavy (non-hydrogen) atoms. The topological polar surface area (TPSA) is 55.2 Å². The fourth-order valence-electron chi connectivity index (χ4n) is 0.367. The molecule has 1 aromatic heterocycles. The number of methoxy groups -OCH3 is 1. The molecule has 0 fully saturated rings. The lowest BCUT2D eigenvalue weighted by Gasteiger charge is -1.85. The molecule has 0 atom stereocenters. The van der Waals surface area contributed by atoms with Crippen molar-refractivity contribution in [1.82, 2.24) is 5.16 Å². The first-order valence-corrected chi connectivity index (χ1v) is 2.05. The normalized spacial score (nSPS) is 9.12. The smallest absolute Gasteiger partial charge is 0.361 e. The van der Waals surface area contributed by atoms with E-state index in [-0.39, 0.29) is 0 Å². The van der Waals surface area contributed by atoms with Crippen LogP contribution in [0, 0.1) is 0 Å². The molecule has 0 amide bonds. The van der Waals surface area contributed by atoms with Gasteiger partial charge >= 0.3 is 5.63 Å². The fraction of sp³-hybridized carbons (Fsp3) is 0.250.